The fraction of sp³-hybridized carbons (Fsp3) is 0.375. The van der Waals surface area contributed by atoms with Gasteiger partial charge < -0.3 is 4.42 Å². The molecule has 1 atom stereocenters. The van der Waals surface area contributed by atoms with Gasteiger partial charge in [-0.1, -0.05) is 12.1 Å². The van der Waals surface area contributed by atoms with Crippen LogP contribution in [-0.2, 0) is 9.59 Å². The topological polar surface area (TPSA) is 50.5 Å². The molecule has 1 saturated heterocycles. The van der Waals surface area contributed by atoms with E-state index >= 15 is 0 Å². The number of rotatable bonds is 1. The second-order valence-corrected chi connectivity index (χ2v) is 5.42. The van der Waals surface area contributed by atoms with Crippen LogP contribution in [0.3, 0.4) is 0 Å². The van der Waals surface area contributed by atoms with Gasteiger partial charge in [0.15, 0.2) is 0 Å². The van der Waals surface area contributed by atoms with Crippen LogP contribution in [0.2, 0.25) is 0 Å². The summed E-state index contributed by atoms with van der Waals surface area (Å²) in [5.41, 5.74) is 2.87. The van der Waals surface area contributed by atoms with Crippen LogP contribution in [0.4, 0.5) is 0 Å². The smallest absolute Gasteiger partial charge is 0.236 e. The number of likely N-dealkylation sites (N-methyl/N-ethyl adjacent to an activating group) is 1. The molecule has 0 bridgehead atoms. The zero-order valence-electron chi connectivity index (χ0n) is 11.9. The Morgan fingerprint density at radius 1 is 1.25 bits per heavy atom. The summed E-state index contributed by atoms with van der Waals surface area (Å²) in [6.07, 6.45) is 0.993. The molecule has 4 nitrogen and oxygen atoms in total. The fourth-order valence-corrected chi connectivity index (χ4v) is 2.81. The maximum atomic E-state index is 12.2. The van der Waals surface area contributed by atoms with E-state index < -0.39 is 0 Å². The lowest BCUT2D eigenvalue weighted by Gasteiger charge is -2.27. The first-order valence-electron chi connectivity index (χ1n) is 6.79. The average molecular weight is 271 g/mol. The molecule has 0 spiro atoms. The van der Waals surface area contributed by atoms with Gasteiger partial charge in [0.1, 0.15) is 11.3 Å². The molecule has 0 saturated carbocycles. The monoisotopic (exact) mass is 271 g/mol. The highest BCUT2D eigenvalue weighted by molar-refractivity contribution is 6.01. The number of hydrogen-bond acceptors (Lipinski definition) is 3. The second kappa shape index (κ2) is 4.47. The van der Waals surface area contributed by atoms with Crippen molar-refractivity contribution in [2.24, 2.45) is 0 Å². The molecule has 2 aromatic rings. The number of furan rings is 1. The Balaban J connectivity index is 2.02. The van der Waals surface area contributed by atoms with Crippen molar-refractivity contribution in [2.75, 3.05) is 7.05 Å². The van der Waals surface area contributed by atoms with Gasteiger partial charge in [-0.25, -0.2) is 0 Å². The molecule has 0 N–H and O–H groups in total. The van der Waals surface area contributed by atoms with Crippen LogP contribution in [0.15, 0.2) is 22.6 Å². The predicted octanol–water partition coefficient (Wildman–Crippen LogP) is 2.91. The normalized spacial score (nSPS) is 19.9. The average Bonchev–Trinajstić information content (AvgIpc) is 2.71. The third kappa shape index (κ3) is 1.83. The van der Waals surface area contributed by atoms with E-state index in [9.17, 15) is 9.59 Å². The first-order valence-corrected chi connectivity index (χ1v) is 6.79. The van der Waals surface area contributed by atoms with Gasteiger partial charge in [0.2, 0.25) is 11.8 Å². The molecular formula is C16H17NO3. The van der Waals surface area contributed by atoms with Crippen LogP contribution in [0.25, 0.3) is 11.0 Å². The molecule has 1 aliphatic heterocycles. The number of likely N-dealkylation sites (tertiary alicyclic amines) is 1. The summed E-state index contributed by atoms with van der Waals surface area (Å²) in [5.74, 6) is 0.435. The van der Waals surface area contributed by atoms with E-state index in [0.29, 0.717) is 12.8 Å². The Morgan fingerprint density at radius 2 is 2.00 bits per heavy atom. The van der Waals surface area contributed by atoms with E-state index in [1.54, 1.807) is 7.05 Å². The lowest BCUT2D eigenvalue weighted by atomic mass is 9.89. The Hall–Kier alpha value is -2.10. The van der Waals surface area contributed by atoms with Crippen molar-refractivity contribution in [3.8, 4) is 0 Å². The van der Waals surface area contributed by atoms with Crippen molar-refractivity contribution in [1.29, 1.82) is 0 Å². The standard InChI is InChI=1S/C16H17NO3/c1-9-10(2)20-14-8-11(4-5-12(9)14)13-6-7-15(18)17(3)16(13)19/h4-5,8,13H,6-7H2,1-3H3. The molecule has 1 fully saturated rings. The molecular weight excluding hydrogens is 254 g/mol. The van der Waals surface area contributed by atoms with Crippen LogP contribution in [0, 0.1) is 13.8 Å². The van der Waals surface area contributed by atoms with Crippen molar-refractivity contribution in [2.45, 2.75) is 32.6 Å². The maximum Gasteiger partial charge on any atom is 0.236 e. The minimum atomic E-state index is -0.243. The fourth-order valence-electron chi connectivity index (χ4n) is 2.81. The number of carbonyl (C=O) groups is 2. The molecule has 104 valence electrons. The van der Waals surface area contributed by atoms with E-state index in [4.69, 9.17) is 4.42 Å². The number of fused-ring (bicyclic) bond motifs is 1. The summed E-state index contributed by atoms with van der Waals surface area (Å²) in [6, 6.07) is 5.90. The van der Waals surface area contributed by atoms with Crippen LogP contribution in [-0.4, -0.2) is 23.8 Å². The lowest BCUT2D eigenvalue weighted by Crippen LogP contribution is -2.41. The second-order valence-electron chi connectivity index (χ2n) is 5.42. The zero-order valence-corrected chi connectivity index (χ0v) is 11.9. The summed E-state index contributed by atoms with van der Waals surface area (Å²) >= 11 is 0. The highest BCUT2D eigenvalue weighted by atomic mass is 16.3. The maximum absolute atomic E-state index is 12.2. The summed E-state index contributed by atoms with van der Waals surface area (Å²) in [6.45, 7) is 3.96. The Morgan fingerprint density at radius 3 is 2.75 bits per heavy atom. The number of hydrogen-bond donors (Lipinski definition) is 0. The summed E-state index contributed by atoms with van der Waals surface area (Å²) in [4.78, 5) is 25.0. The number of aryl methyl sites for hydroxylation is 2. The molecule has 0 aliphatic carbocycles. The number of carbonyl (C=O) groups excluding carboxylic acids is 2. The van der Waals surface area contributed by atoms with Gasteiger partial charge in [0.25, 0.3) is 0 Å². The van der Waals surface area contributed by atoms with Crippen LogP contribution in [0.1, 0.15) is 35.6 Å². The van der Waals surface area contributed by atoms with Gasteiger partial charge in [0.05, 0.1) is 5.92 Å². The predicted molar refractivity (Wildman–Crippen MR) is 75.4 cm³/mol. The van der Waals surface area contributed by atoms with E-state index in [0.717, 1.165) is 27.9 Å². The molecule has 1 aliphatic rings. The summed E-state index contributed by atoms with van der Waals surface area (Å²) in [5, 5.41) is 1.08. The Labute approximate surface area is 117 Å². The van der Waals surface area contributed by atoms with Crippen molar-refractivity contribution in [1.82, 2.24) is 4.90 Å². The highest BCUT2D eigenvalue weighted by Crippen LogP contribution is 2.32. The molecule has 3 rings (SSSR count). The lowest BCUT2D eigenvalue weighted by molar-refractivity contribution is -0.147. The van der Waals surface area contributed by atoms with Crippen molar-refractivity contribution in [3.63, 3.8) is 0 Å². The Bertz CT molecular complexity index is 714. The van der Waals surface area contributed by atoms with E-state index in [-0.39, 0.29) is 17.7 Å². The van der Waals surface area contributed by atoms with E-state index in [1.807, 2.05) is 32.0 Å². The minimum Gasteiger partial charge on any atom is -0.461 e. The van der Waals surface area contributed by atoms with Gasteiger partial charge in [-0.3, -0.25) is 14.5 Å². The molecule has 1 unspecified atom stereocenters. The highest BCUT2D eigenvalue weighted by Gasteiger charge is 2.33. The van der Waals surface area contributed by atoms with Gasteiger partial charge in [-0.05, 0) is 37.5 Å². The number of amides is 2. The third-order valence-corrected chi connectivity index (χ3v) is 4.25. The van der Waals surface area contributed by atoms with Crippen molar-refractivity contribution < 1.29 is 14.0 Å². The molecule has 1 aromatic heterocycles. The van der Waals surface area contributed by atoms with Crippen LogP contribution in [0.5, 0.6) is 0 Å². The van der Waals surface area contributed by atoms with Gasteiger partial charge in [-0.2, -0.15) is 0 Å². The van der Waals surface area contributed by atoms with Gasteiger partial charge in [0, 0.05) is 18.9 Å². The van der Waals surface area contributed by atoms with Crippen molar-refractivity contribution in [3.05, 3.63) is 35.1 Å². The van der Waals surface area contributed by atoms with Crippen LogP contribution < -0.4 is 0 Å². The van der Waals surface area contributed by atoms with Gasteiger partial charge in [-0.15, -0.1) is 0 Å². The molecule has 4 heteroatoms. The summed E-state index contributed by atoms with van der Waals surface area (Å²) < 4.78 is 5.72. The quantitative estimate of drug-likeness (QED) is 0.749. The molecule has 2 heterocycles. The van der Waals surface area contributed by atoms with E-state index in [1.165, 1.54) is 4.90 Å². The molecule has 2 amide bonds. The number of imide groups is 1. The molecule has 0 radical (unpaired) electrons. The largest absolute Gasteiger partial charge is 0.461 e. The first kappa shape index (κ1) is 12.9. The summed E-state index contributed by atoms with van der Waals surface area (Å²) in [7, 11) is 1.55. The van der Waals surface area contributed by atoms with E-state index in [2.05, 4.69) is 0 Å². The van der Waals surface area contributed by atoms with Crippen molar-refractivity contribution >= 4 is 22.8 Å². The zero-order chi connectivity index (χ0) is 14.4. The molecule has 1 aromatic carbocycles. The number of nitrogens with zero attached hydrogens (tertiary/aromatic N) is 1. The number of benzene rings is 1. The Kier molecular flexibility index (Phi) is 2.89. The minimum absolute atomic E-state index is 0.1000. The number of piperidine rings is 1. The SMILES string of the molecule is Cc1oc2cc(C3CCC(=O)N(C)C3=O)ccc2c1C. The van der Waals surface area contributed by atoms with Crippen LogP contribution >= 0.6 is 0 Å². The van der Waals surface area contributed by atoms with Gasteiger partial charge >= 0.3 is 0 Å². The third-order valence-electron chi connectivity index (χ3n) is 4.25. The molecule has 20 heavy (non-hydrogen) atoms. The first-order chi connectivity index (χ1) is 9.49.